The first kappa shape index (κ1) is 25.3. The van der Waals surface area contributed by atoms with Crippen molar-refractivity contribution in [2.24, 2.45) is 0 Å². The first-order valence-corrected chi connectivity index (χ1v) is 12.4. The third kappa shape index (κ3) is 7.32. The number of nitrogen functional groups attached to an aromatic ring is 2. The Hall–Kier alpha value is -2.34. The maximum absolute atomic E-state index is 13.4. The van der Waals surface area contributed by atoms with E-state index in [2.05, 4.69) is 31.0 Å². The first-order valence-electron chi connectivity index (χ1n) is 8.45. The molecule has 3 rings (SSSR count). The summed E-state index contributed by atoms with van der Waals surface area (Å²) < 4.78 is 40.9. The number of alkyl halides is 3. The molecule has 0 fully saturated rings. The highest BCUT2D eigenvalue weighted by atomic mass is 35.5. The van der Waals surface area contributed by atoms with E-state index in [0.29, 0.717) is 20.8 Å². The summed E-state index contributed by atoms with van der Waals surface area (Å²) in [6.45, 7) is 0. The quantitative estimate of drug-likeness (QED) is 0.301. The average molecular weight is 557 g/mol. The van der Waals surface area contributed by atoms with E-state index in [1.807, 2.05) is 0 Å². The summed E-state index contributed by atoms with van der Waals surface area (Å²) in [4.78, 5) is 24.5. The molecule has 0 saturated carbocycles. The normalized spacial score (nSPS) is 11.4. The van der Waals surface area contributed by atoms with E-state index in [-0.39, 0.29) is 38.2 Å². The number of rotatable bonds is 8. The van der Waals surface area contributed by atoms with Crippen LogP contribution in [-0.4, -0.2) is 43.7 Å². The lowest BCUT2D eigenvalue weighted by atomic mass is 10.1. The summed E-state index contributed by atoms with van der Waals surface area (Å²) in [5, 5.41) is 19.5. The highest BCUT2D eigenvalue weighted by molar-refractivity contribution is 8.02. The zero-order valence-electron chi connectivity index (χ0n) is 16.0. The van der Waals surface area contributed by atoms with Crippen LogP contribution in [0.2, 0.25) is 5.02 Å². The molecule has 0 unspecified atom stereocenters. The van der Waals surface area contributed by atoms with Crippen molar-refractivity contribution < 1.29 is 22.8 Å². The number of aromatic nitrogens is 4. The third-order valence-electron chi connectivity index (χ3n) is 3.45. The summed E-state index contributed by atoms with van der Waals surface area (Å²) in [6.07, 6.45) is -4.75. The summed E-state index contributed by atoms with van der Waals surface area (Å²) >= 11 is 10.3. The van der Waals surface area contributed by atoms with Gasteiger partial charge in [-0.3, -0.25) is 9.59 Å². The van der Waals surface area contributed by atoms with Crippen LogP contribution < -0.4 is 22.1 Å². The second-order valence-corrected chi connectivity index (χ2v) is 10.7. The Balaban J connectivity index is 1.72. The van der Waals surface area contributed by atoms with E-state index >= 15 is 0 Å². The van der Waals surface area contributed by atoms with Gasteiger partial charge in [-0.2, -0.15) is 13.2 Å². The smallest absolute Gasteiger partial charge is 0.374 e. The lowest BCUT2D eigenvalue weighted by molar-refractivity contribution is -0.137. The molecule has 6 N–H and O–H groups in total. The summed E-state index contributed by atoms with van der Waals surface area (Å²) in [5.74, 6) is -1.64. The van der Waals surface area contributed by atoms with Crippen LogP contribution in [0.5, 0.6) is 0 Å². The monoisotopic (exact) mass is 556 g/mol. The molecule has 18 heteroatoms. The molecule has 1 aromatic carbocycles. The van der Waals surface area contributed by atoms with Crippen molar-refractivity contribution in [3.05, 3.63) is 22.7 Å². The fourth-order valence-corrected chi connectivity index (χ4v) is 5.23. The Bertz CT molecular complexity index is 1090. The van der Waals surface area contributed by atoms with E-state index in [4.69, 9.17) is 23.1 Å². The Kier molecular flexibility index (Phi) is 8.22. The number of amides is 2. The maximum atomic E-state index is 13.4. The summed E-state index contributed by atoms with van der Waals surface area (Å²) in [7, 11) is 0. The van der Waals surface area contributed by atoms with Gasteiger partial charge in [-0.15, -0.1) is 20.4 Å². The van der Waals surface area contributed by atoms with Crippen LogP contribution >= 0.6 is 57.8 Å². The predicted molar refractivity (Wildman–Crippen MR) is 124 cm³/mol. The van der Waals surface area contributed by atoms with Crippen LogP contribution in [0.3, 0.4) is 0 Å². The molecule has 33 heavy (non-hydrogen) atoms. The van der Waals surface area contributed by atoms with Crippen molar-refractivity contribution >= 4 is 91.3 Å². The van der Waals surface area contributed by atoms with Crippen LogP contribution in [-0.2, 0) is 15.8 Å². The van der Waals surface area contributed by atoms with E-state index in [9.17, 15) is 22.8 Å². The number of nitrogens with one attached hydrogen (secondary N) is 2. The van der Waals surface area contributed by atoms with Crippen LogP contribution in [0.25, 0.3) is 0 Å². The molecule has 176 valence electrons. The standard InChI is InChI=1S/C15H12ClF3N8O2S4/c16-10-6(22-8(28)3-30-13-26-24-11(20)32-13)1-5(15(17,18)19)2-7(10)23-9(29)4-31-14-27-25-12(21)33-14/h1-2H,3-4H2,(H2,20,24)(H2,21,25)(H,22,28)(H,23,29). The van der Waals surface area contributed by atoms with Gasteiger partial charge in [-0.05, 0) is 12.1 Å². The van der Waals surface area contributed by atoms with Crippen molar-refractivity contribution in [1.82, 2.24) is 20.4 Å². The molecular weight excluding hydrogens is 545 g/mol. The molecule has 0 spiro atoms. The number of hydrogen-bond acceptors (Lipinski definition) is 12. The van der Waals surface area contributed by atoms with Gasteiger partial charge in [0.05, 0.1) is 33.5 Å². The van der Waals surface area contributed by atoms with Gasteiger partial charge in [0, 0.05) is 0 Å². The molecule has 0 radical (unpaired) electrons. The minimum atomic E-state index is -4.75. The van der Waals surface area contributed by atoms with Crippen LogP contribution in [0.1, 0.15) is 5.56 Å². The molecule has 2 aromatic heterocycles. The Morgan fingerprint density at radius 1 is 0.909 bits per heavy atom. The van der Waals surface area contributed by atoms with E-state index in [1.165, 1.54) is 0 Å². The predicted octanol–water partition coefficient (Wildman–Crippen LogP) is 3.69. The van der Waals surface area contributed by atoms with Gasteiger partial charge < -0.3 is 22.1 Å². The molecular formula is C15H12ClF3N8O2S4. The fourth-order valence-electron chi connectivity index (χ4n) is 2.15. The minimum absolute atomic E-state index is 0.176. The van der Waals surface area contributed by atoms with E-state index < -0.39 is 23.6 Å². The van der Waals surface area contributed by atoms with Crippen molar-refractivity contribution in [3.63, 3.8) is 0 Å². The average Bonchev–Trinajstić information content (AvgIpc) is 3.34. The zero-order chi connectivity index (χ0) is 24.2. The number of nitrogens with two attached hydrogens (primary N) is 2. The zero-order valence-corrected chi connectivity index (χ0v) is 20.0. The van der Waals surface area contributed by atoms with E-state index in [0.717, 1.165) is 46.2 Å². The van der Waals surface area contributed by atoms with Crippen LogP contribution in [0.4, 0.5) is 34.8 Å². The van der Waals surface area contributed by atoms with Gasteiger partial charge in [0.25, 0.3) is 0 Å². The van der Waals surface area contributed by atoms with Crippen molar-refractivity contribution in [3.8, 4) is 0 Å². The van der Waals surface area contributed by atoms with Crippen molar-refractivity contribution in [2.45, 2.75) is 14.9 Å². The maximum Gasteiger partial charge on any atom is 0.416 e. The van der Waals surface area contributed by atoms with Crippen molar-refractivity contribution in [1.29, 1.82) is 0 Å². The highest BCUT2D eigenvalue weighted by Crippen LogP contribution is 2.39. The van der Waals surface area contributed by atoms with Gasteiger partial charge in [-0.25, -0.2) is 0 Å². The number of anilines is 4. The first-order chi connectivity index (χ1) is 15.5. The highest BCUT2D eigenvalue weighted by Gasteiger charge is 2.32. The second kappa shape index (κ2) is 10.7. The lowest BCUT2D eigenvalue weighted by Gasteiger charge is -2.16. The second-order valence-electron chi connectivity index (χ2n) is 5.87. The largest absolute Gasteiger partial charge is 0.416 e. The number of hydrogen-bond donors (Lipinski definition) is 4. The van der Waals surface area contributed by atoms with Gasteiger partial charge >= 0.3 is 6.18 Å². The Morgan fingerprint density at radius 2 is 1.33 bits per heavy atom. The minimum Gasteiger partial charge on any atom is -0.374 e. The molecule has 3 aromatic rings. The van der Waals surface area contributed by atoms with Crippen molar-refractivity contribution in [2.75, 3.05) is 33.6 Å². The number of nitrogens with zero attached hydrogens (tertiary/aromatic N) is 4. The summed E-state index contributed by atoms with van der Waals surface area (Å²) in [5.41, 5.74) is 9.19. The molecule has 0 aliphatic carbocycles. The van der Waals surface area contributed by atoms with Gasteiger partial charge in [-0.1, -0.05) is 57.8 Å². The number of halogens is 4. The van der Waals surface area contributed by atoms with Gasteiger partial charge in [0.2, 0.25) is 22.1 Å². The molecule has 2 heterocycles. The molecule has 0 bridgehead atoms. The number of thioether (sulfide) groups is 2. The van der Waals surface area contributed by atoms with Crippen LogP contribution in [0.15, 0.2) is 20.8 Å². The Labute approximate surface area is 205 Å². The Morgan fingerprint density at radius 3 is 1.67 bits per heavy atom. The topological polar surface area (TPSA) is 162 Å². The molecule has 0 aliphatic rings. The number of benzene rings is 1. The molecule has 0 saturated heterocycles. The SMILES string of the molecule is Nc1nnc(SCC(=O)Nc2cc(C(F)(F)F)cc(NC(=O)CSc3nnc(N)s3)c2Cl)s1. The van der Waals surface area contributed by atoms with Gasteiger partial charge in [0.1, 0.15) is 0 Å². The van der Waals surface area contributed by atoms with Gasteiger partial charge in [0.15, 0.2) is 8.68 Å². The molecule has 2 amide bonds. The number of carbonyl (C=O) groups is 2. The molecule has 10 nitrogen and oxygen atoms in total. The molecule has 0 atom stereocenters. The van der Waals surface area contributed by atoms with Crippen LogP contribution in [0, 0.1) is 0 Å². The van der Waals surface area contributed by atoms with E-state index in [1.54, 1.807) is 0 Å². The fraction of sp³-hybridized carbons (Fsp3) is 0.200. The summed E-state index contributed by atoms with van der Waals surface area (Å²) in [6, 6.07) is 1.37. The number of carbonyl (C=O) groups excluding carboxylic acids is 2. The lowest BCUT2D eigenvalue weighted by Crippen LogP contribution is -2.18. The third-order valence-corrected chi connectivity index (χ3v) is 7.62. The molecule has 0 aliphatic heterocycles.